The van der Waals surface area contributed by atoms with Gasteiger partial charge in [0, 0.05) is 57.8 Å². The maximum atomic E-state index is 15.1. The SMILES string of the molecule is CC(=O)N[C@@H](C)C(=O)O[C@@H](CCCC(O)Cc1ccccc1)C[C@H]1NC(=O)[C@@H]2[C@@H](C)CCN2C(=O)C([C@@H](O)C(C)C)NC(=O)CNC(=O)C(Cc2ccccc2)NC(=O)C(CCO)NC(=O)C(CC(C)C)NC(=O)[C@@H]2C(C)[C@@H](O)CN2C(=O)[C@@H]2[C@@H](C)[C@@H](O)CN2C(=O)CNC(=O)[C@@H](CO)NC(=O)[C@H]1O. The Labute approximate surface area is 604 Å². The summed E-state index contributed by atoms with van der Waals surface area (Å²) in [7, 11) is 0. The average molecular weight is 1460 g/mol. The van der Waals surface area contributed by atoms with Crippen molar-refractivity contribution in [3.05, 3.63) is 71.8 Å². The number of rotatable bonds is 20. The van der Waals surface area contributed by atoms with Crippen LogP contribution in [0.25, 0.3) is 0 Å². The van der Waals surface area contributed by atoms with Crippen LogP contribution in [0.15, 0.2) is 60.7 Å². The summed E-state index contributed by atoms with van der Waals surface area (Å²) in [6.45, 7) is 8.76. The molecule has 0 aliphatic carbocycles. The number of benzene rings is 2. The van der Waals surface area contributed by atoms with Gasteiger partial charge in [0.25, 0.3) is 5.91 Å². The van der Waals surface area contributed by atoms with E-state index in [0.29, 0.717) is 5.56 Å². The van der Waals surface area contributed by atoms with E-state index in [1.807, 2.05) is 12.1 Å². The predicted molar refractivity (Wildman–Crippen MR) is 371 cm³/mol. The molecule has 4 aliphatic rings. The molecule has 2 aromatic rings. The minimum Gasteiger partial charge on any atom is -0.461 e. The number of amides is 12. The van der Waals surface area contributed by atoms with Crippen molar-refractivity contribution in [3.63, 3.8) is 0 Å². The molecule has 0 radical (unpaired) electrons. The Bertz CT molecular complexity index is 3320. The second-order valence-corrected chi connectivity index (χ2v) is 28.5. The van der Waals surface area contributed by atoms with Crippen molar-refractivity contribution in [1.29, 1.82) is 0 Å². The van der Waals surface area contributed by atoms with Gasteiger partial charge in [0.2, 0.25) is 65.0 Å². The molecular formula is C71H106N12O21. The molecule has 4 heterocycles. The quantitative estimate of drug-likeness (QED) is 0.0555. The van der Waals surface area contributed by atoms with Crippen LogP contribution >= 0.6 is 0 Å². The number of hydrogen-bond acceptors (Lipinski definition) is 21. The van der Waals surface area contributed by atoms with Gasteiger partial charge in [-0.25, -0.2) is 4.79 Å². The second kappa shape index (κ2) is 39.4. The molecule has 576 valence electrons. The fraction of sp³-hybridized carbons (Fsp3) is 0.648. The van der Waals surface area contributed by atoms with Crippen LogP contribution in [0.1, 0.15) is 118 Å². The molecule has 0 bridgehead atoms. The molecule has 104 heavy (non-hydrogen) atoms. The number of aliphatic hydroxyl groups excluding tert-OH is 7. The van der Waals surface area contributed by atoms with Crippen LogP contribution in [0.5, 0.6) is 0 Å². The number of esters is 1. The summed E-state index contributed by atoms with van der Waals surface area (Å²) in [5.41, 5.74) is 1.33. The van der Waals surface area contributed by atoms with Crippen LogP contribution < -0.4 is 47.9 Å². The molecule has 4 fully saturated rings. The molecule has 0 saturated carbocycles. The van der Waals surface area contributed by atoms with E-state index >= 15 is 9.59 Å². The van der Waals surface area contributed by atoms with Crippen molar-refractivity contribution in [2.75, 3.05) is 45.9 Å². The highest BCUT2D eigenvalue weighted by molar-refractivity contribution is 5.99. The van der Waals surface area contributed by atoms with Crippen LogP contribution in [-0.2, 0) is 79.9 Å². The number of hydrogen-bond donors (Lipinski definition) is 16. The number of carbonyl (C=O) groups excluding carboxylic acids is 13. The summed E-state index contributed by atoms with van der Waals surface area (Å²) in [5, 5.41) is 101. The predicted octanol–water partition coefficient (Wildman–Crippen LogP) is -4.56. The Morgan fingerprint density at radius 3 is 1.76 bits per heavy atom. The lowest BCUT2D eigenvalue weighted by atomic mass is 9.95. The van der Waals surface area contributed by atoms with Gasteiger partial charge in [0.05, 0.1) is 50.2 Å². The highest BCUT2D eigenvalue weighted by atomic mass is 16.5. The maximum absolute atomic E-state index is 15.1. The zero-order chi connectivity index (χ0) is 77.0. The normalized spacial score (nSPS) is 29.1. The van der Waals surface area contributed by atoms with Gasteiger partial charge in [-0.05, 0) is 80.8 Å². The number of carbonyl (C=O) groups is 13. The standard InChI is InChI=1S/C71H106N12O21/c1-36(2)27-49-65(97)75-47(24-26-84)64(96)77-50(29-44-19-14-11-15-20-44)62(94)72-31-54(90)80-56(60(92)37(3)4)69(101)81-25-23-38(5)57(81)66(98)76-48(30-46(104-71(103)41(8)74-42(9)86)22-16-21-45(87)28-43-17-12-10-13-18-43)61(93)68(100)79-51(35-85)63(95)73-32-55(91)82-33-52(88)40(7)59(82)70(102)83-34-53(89)39(6)58(83)67(99)78-49/h10-15,17-20,36-41,45-53,56-61,84-85,87-89,92-93H,16,21-35H2,1-9H3,(H,72,94)(H,73,95)(H,74,86)(H,75,97)(H,76,98)(H,77,96)(H,78,99)(H,79,100)(H,80,90)/t38-,39?,40-,41-,45?,46-,47?,48+,49?,50?,51+,52-,53-,56?,57-,58-,59-,60-,61-/m0/s1. The summed E-state index contributed by atoms with van der Waals surface area (Å²) in [6, 6.07) is 1.40. The van der Waals surface area contributed by atoms with E-state index < -0.39 is 250 Å². The van der Waals surface area contributed by atoms with Crippen LogP contribution in [-0.4, -0.2) is 270 Å². The Hall–Kier alpha value is -8.73. The van der Waals surface area contributed by atoms with Crippen molar-refractivity contribution in [2.24, 2.45) is 29.6 Å². The topological polar surface area (TPSA) is 491 Å². The summed E-state index contributed by atoms with van der Waals surface area (Å²) >= 11 is 0. The Morgan fingerprint density at radius 2 is 1.15 bits per heavy atom. The molecule has 2 aromatic carbocycles. The molecule has 6 unspecified atom stereocenters. The van der Waals surface area contributed by atoms with E-state index in [2.05, 4.69) is 47.9 Å². The molecule has 4 saturated heterocycles. The van der Waals surface area contributed by atoms with Crippen molar-refractivity contribution >= 4 is 76.9 Å². The molecular weight excluding hydrogens is 1360 g/mol. The van der Waals surface area contributed by atoms with Crippen LogP contribution in [0, 0.1) is 29.6 Å². The van der Waals surface area contributed by atoms with E-state index in [0.717, 1.165) is 27.2 Å². The number of nitrogens with one attached hydrogen (secondary N) is 9. The maximum Gasteiger partial charge on any atom is 0.328 e. The minimum absolute atomic E-state index is 0.0652. The number of ether oxygens (including phenoxy) is 1. The third-order valence-electron chi connectivity index (χ3n) is 19.5. The van der Waals surface area contributed by atoms with Gasteiger partial charge in [-0.1, -0.05) is 109 Å². The highest BCUT2D eigenvalue weighted by Gasteiger charge is 2.53. The lowest BCUT2D eigenvalue weighted by Gasteiger charge is -2.35. The first-order chi connectivity index (χ1) is 49.1. The molecule has 33 heteroatoms. The van der Waals surface area contributed by atoms with Crippen LogP contribution in [0.2, 0.25) is 0 Å². The van der Waals surface area contributed by atoms with Gasteiger partial charge < -0.3 is 103 Å². The summed E-state index contributed by atoms with van der Waals surface area (Å²) < 4.78 is 5.91. The summed E-state index contributed by atoms with van der Waals surface area (Å²) in [4.78, 5) is 189. The Balaban J connectivity index is 1.41. The number of fused-ring (bicyclic) bond motifs is 3. The number of nitrogens with zero attached hydrogens (tertiary/aromatic N) is 3. The average Bonchev–Trinajstić information content (AvgIpc) is 1.62. The van der Waals surface area contributed by atoms with Crippen molar-refractivity contribution < 1.29 is 103 Å². The first-order valence-corrected chi connectivity index (χ1v) is 35.6. The fourth-order valence-electron chi connectivity index (χ4n) is 13.5. The third kappa shape index (κ3) is 23.1. The van der Waals surface area contributed by atoms with E-state index in [4.69, 9.17) is 4.74 Å². The molecule has 19 atom stereocenters. The van der Waals surface area contributed by atoms with Crippen molar-refractivity contribution in [1.82, 2.24) is 62.6 Å². The fourth-order valence-corrected chi connectivity index (χ4v) is 13.5. The largest absolute Gasteiger partial charge is 0.461 e. The van der Waals surface area contributed by atoms with Crippen molar-refractivity contribution in [2.45, 2.75) is 217 Å². The monoisotopic (exact) mass is 1460 g/mol. The summed E-state index contributed by atoms with van der Waals surface area (Å²) in [5.74, 6) is -16.8. The third-order valence-corrected chi connectivity index (χ3v) is 19.5. The molecule has 0 aromatic heterocycles. The first-order valence-electron chi connectivity index (χ1n) is 35.6. The Kier molecular flexibility index (Phi) is 31.9. The van der Waals surface area contributed by atoms with Crippen LogP contribution in [0.3, 0.4) is 0 Å². The molecule has 12 amide bonds. The Morgan fingerprint density at radius 1 is 0.596 bits per heavy atom. The number of aliphatic hydroxyl groups is 7. The first kappa shape index (κ1) is 84.2. The smallest absolute Gasteiger partial charge is 0.328 e. The van der Waals surface area contributed by atoms with Gasteiger partial charge >= 0.3 is 5.97 Å². The second-order valence-electron chi connectivity index (χ2n) is 28.5. The van der Waals surface area contributed by atoms with E-state index in [1.165, 1.54) is 20.8 Å². The lowest BCUT2D eigenvalue weighted by Crippen LogP contribution is -2.62. The summed E-state index contributed by atoms with van der Waals surface area (Å²) in [6.07, 6.45) is -9.82. The van der Waals surface area contributed by atoms with Crippen molar-refractivity contribution in [3.8, 4) is 0 Å². The molecule has 6 rings (SSSR count). The molecule has 16 N–H and O–H groups in total. The van der Waals surface area contributed by atoms with E-state index in [9.17, 15) is 88.5 Å². The zero-order valence-corrected chi connectivity index (χ0v) is 60.4. The van der Waals surface area contributed by atoms with Crippen LogP contribution in [0.4, 0.5) is 0 Å². The molecule has 0 spiro atoms. The molecule has 33 nitrogen and oxygen atoms in total. The van der Waals surface area contributed by atoms with E-state index in [1.54, 1.807) is 83.1 Å². The lowest BCUT2D eigenvalue weighted by molar-refractivity contribution is -0.154. The zero-order valence-electron chi connectivity index (χ0n) is 60.4. The van der Waals surface area contributed by atoms with Gasteiger partial charge in [-0.3, -0.25) is 57.5 Å². The highest BCUT2D eigenvalue weighted by Crippen LogP contribution is 2.33. The molecule has 4 aliphatic heterocycles. The van der Waals surface area contributed by atoms with Gasteiger partial charge in [-0.15, -0.1) is 0 Å². The van der Waals surface area contributed by atoms with Gasteiger partial charge in [0.15, 0.2) is 6.10 Å². The van der Waals surface area contributed by atoms with E-state index in [-0.39, 0.29) is 57.4 Å². The minimum atomic E-state index is -2.42. The van der Waals surface area contributed by atoms with Gasteiger partial charge in [-0.2, -0.15) is 0 Å². The van der Waals surface area contributed by atoms with Gasteiger partial charge in [0.1, 0.15) is 60.5 Å².